The Labute approximate surface area is 102 Å². The van der Waals surface area contributed by atoms with Crippen LogP contribution in [0.5, 0.6) is 0 Å². The van der Waals surface area contributed by atoms with Crippen molar-refractivity contribution >= 4 is 12.2 Å². The largest absolute Gasteiger partial charge is 0.304 e. The normalized spacial score (nSPS) is 25.9. The third-order valence-corrected chi connectivity index (χ3v) is 3.93. The number of aromatic nitrogens is 3. The molecule has 3 nitrogen and oxygen atoms in total. The number of H-pyrrole nitrogens is 1. The average molecular weight is 239 g/mol. The van der Waals surface area contributed by atoms with Gasteiger partial charge in [-0.05, 0) is 37.4 Å². The van der Waals surface area contributed by atoms with Gasteiger partial charge in [0.15, 0.2) is 4.77 Å². The molecule has 16 heavy (non-hydrogen) atoms. The molecule has 0 aromatic carbocycles. The van der Waals surface area contributed by atoms with Crippen LogP contribution in [0.25, 0.3) is 0 Å². The third kappa shape index (κ3) is 2.37. The standard InChI is InChI=1S/C12H21N3S/c1-3-8-15-11(13-14-12(15)16)10-6-4-9(2)5-7-10/h9-10H,3-8H2,1-2H3,(H,14,16). The lowest BCUT2D eigenvalue weighted by molar-refractivity contribution is 0.333. The lowest BCUT2D eigenvalue weighted by Crippen LogP contribution is -2.15. The van der Waals surface area contributed by atoms with E-state index in [9.17, 15) is 0 Å². The Hall–Kier alpha value is -0.640. The van der Waals surface area contributed by atoms with Crippen LogP contribution in [0, 0.1) is 10.7 Å². The first kappa shape index (κ1) is 11.8. The van der Waals surface area contributed by atoms with Crippen LogP contribution in [0.1, 0.15) is 57.7 Å². The fraction of sp³-hybridized carbons (Fsp3) is 0.833. The summed E-state index contributed by atoms with van der Waals surface area (Å²) in [5.74, 6) is 2.70. The summed E-state index contributed by atoms with van der Waals surface area (Å²) in [6, 6.07) is 0. The van der Waals surface area contributed by atoms with Crippen molar-refractivity contribution in [2.24, 2.45) is 5.92 Å². The average Bonchev–Trinajstić information content (AvgIpc) is 2.63. The highest BCUT2D eigenvalue weighted by Gasteiger charge is 2.23. The second-order valence-electron chi connectivity index (χ2n) is 5.00. The Balaban J connectivity index is 2.17. The van der Waals surface area contributed by atoms with Crippen LogP contribution in [-0.4, -0.2) is 14.8 Å². The van der Waals surface area contributed by atoms with Gasteiger partial charge >= 0.3 is 0 Å². The van der Waals surface area contributed by atoms with Gasteiger partial charge in [0.2, 0.25) is 0 Å². The predicted octanol–water partition coefficient (Wildman–Crippen LogP) is 3.64. The van der Waals surface area contributed by atoms with Gasteiger partial charge in [-0.2, -0.15) is 5.10 Å². The summed E-state index contributed by atoms with van der Waals surface area (Å²) < 4.78 is 2.98. The van der Waals surface area contributed by atoms with Gasteiger partial charge in [0, 0.05) is 12.5 Å². The van der Waals surface area contributed by atoms with Gasteiger partial charge in [-0.1, -0.05) is 26.7 Å². The van der Waals surface area contributed by atoms with E-state index in [4.69, 9.17) is 12.2 Å². The van der Waals surface area contributed by atoms with E-state index >= 15 is 0 Å². The maximum Gasteiger partial charge on any atom is 0.195 e. The fourth-order valence-corrected chi connectivity index (χ4v) is 2.83. The first-order chi connectivity index (χ1) is 7.72. The van der Waals surface area contributed by atoms with Gasteiger partial charge in [-0.25, -0.2) is 0 Å². The molecule has 0 spiro atoms. The number of hydrogen-bond acceptors (Lipinski definition) is 2. The Morgan fingerprint density at radius 1 is 1.38 bits per heavy atom. The zero-order valence-electron chi connectivity index (χ0n) is 10.2. The fourth-order valence-electron chi connectivity index (χ4n) is 2.60. The van der Waals surface area contributed by atoms with E-state index in [2.05, 4.69) is 28.6 Å². The van der Waals surface area contributed by atoms with Crippen LogP contribution in [0.3, 0.4) is 0 Å². The van der Waals surface area contributed by atoms with Gasteiger partial charge in [-0.3, -0.25) is 5.10 Å². The summed E-state index contributed by atoms with van der Waals surface area (Å²) in [6.45, 7) is 5.53. The second-order valence-corrected chi connectivity index (χ2v) is 5.38. The first-order valence-corrected chi connectivity index (χ1v) is 6.78. The molecule has 0 unspecified atom stereocenters. The molecule has 1 aromatic rings. The monoisotopic (exact) mass is 239 g/mol. The summed E-state index contributed by atoms with van der Waals surface area (Å²) in [5, 5.41) is 7.38. The molecule has 0 saturated heterocycles. The van der Waals surface area contributed by atoms with E-state index in [1.807, 2.05) is 0 Å². The minimum absolute atomic E-state index is 0.621. The summed E-state index contributed by atoms with van der Waals surface area (Å²) in [7, 11) is 0. The van der Waals surface area contributed by atoms with Crippen molar-refractivity contribution in [1.29, 1.82) is 0 Å². The molecule has 1 N–H and O–H groups in total. The van der Waals surface area contributed by atoms with Crippen LogP contribution in [-0.2, 0) is 6.54 Å². The van der Waals surface area contributed by atoms with E-state index in [1.165, 1.54) is 31.5 Å². The van der Waals surface area contributed by atoms with Gasteiger partial charge < -0.3 is 4.57 Å². The van der Waals surface area contributed by atoms with Gasteiger partial charge in [0.25, 0.3) is 0 Å². The summed E-state index contributed by atoms with van der Waals surface area (Å²) in [6.07, 6.45) is 6.31. The molecule has 90 valence electrons. The van der Waals surface area contributed by atoms with Crippen LogP contribution < -0.4 is 0 Å². The van der Waals surface area contributed by atoms with Crippen molar-refractivity contribution < 1.29 is 0 Å². The van der Waals surface area contributed by atoms with Gasteiger partial charge in [-0.15, -0.1) is 0 Å². The molecule has 0 aliphatic heterocycles. The zero-order chi connectivity index (χ0) is 11.5. The molecule has 1 saturated carbocycles. The Morgan fingerprint density at radius 2 is 2.06 bits per heavy atom. The van der Waals surface area contributed by atoms with Crippen molar-refractivity contribution in [1.82, 2.24) is 14.8 Å². The Bertz CT molecular complexity index is 385. The van der Waals surface area contributed by atoms with Crippen LogP contribution >= 0.6 is 12.2 Å². The lowest BCUT2D eigenvalue weighted by Gasteiger charge is -2.25. The predicted molar refractivity (Wildman–Crippen MR) is 68.1 cm³/mol. The second kappa shape index (κ2) is 5.13. The molecule has 0 bridgehead atoms. The molecule has 4 heteroatoms. The molecule has 0 radical (unpaired) electrons. The number of rotatable bonds is 3. The van der Waals surface area contributed by atoms with Crippen molar-refractivity contribution in [2.75, 3.05) is 0 Å². The maximum atomic E-state index is 5.28. The van der Waals surface area contributed by atoms with E-state index in [1.54, 1.807) is 0 Å². The SMILES string of the molecule is CCCn1c(C2CCC(C)CC2)n[nH]c1=S. The number of hydrogen-bond donors (Lipinski definition) is 1. The highest BCUT2D eigenvalue weighted by Crippen LogP contribution is 2.34. The molecule has 0 amide bonds. The van der Waals surface area contributed by atoms with Gasteiger partial charge in [0.1, 0.15) is 5.82 Å². The molecule has 1 aromatic heterocycles. The quantitative estimate of drug-likeness (QED) is 0.817. The zero-order valence-corrected chi connectivity index (χ0v) is 11.0. The van der Waals surface area contributed by atoms with E-state index in [-0.39, 0.29) is 0 Å². The Morgan fingerprint density at radius 3 is 2.69 bits per heavy atom. The highest BCUT2D eigenvalue weighted by molar-refractivity contribution is 7.71. The van der Waals surface area contributed by atoms with E-state index in [0.29, 0.717) is 5.92 Å². The lowest BCUT2D eigenvalue weighted by atomic mass is 9.82. The molecular weight excluding hydrogens is 218 g/mol. The smallest absolute Gasteiger partial charge is 0.195 e. The van der Waals surface area contributed by atoms with Crippen LogP contribution in [0.2, 0.25) is 0 Å². The molecule has 1 aliphatic carbocycles. The first-order valence-electron chi connectivity index (χ1n) is 6.37. The van der Waals surface area contributed by atoms with Crippen LogP contribution in [0.4, 0.5) is 0 Å². The van der Waals surface area contributed by atoms with Crippen molar-refractivity contribution in [3.63, 3.8) is 0 Å². The van der Waals surface area contributed by atoms with Crippen molar-refractivity contribution in [3.05, 3.63) is 10.6 Å². The molecular formula is C12H21N3S. The summed E-state index contributed by atoms with van der Waals surface area (Å²) in [5.41, 5.74) is 0. The molecule has 1 aliphatic rings. The van der Waals surface area contributed by atoms with Crippen molar-refractivity contribution in [3.8, 4) is 0 Å². The molecule has 1 heterocycles. The minimum atomic E-state index is 0.621. The van der Waals surface area contributed by atoms with Crippen LogP contribution in [0.15, 0.2) is 0 Å². The van der Waals surface area contributed by atoms with Crippen molar-refractivity contribution in [2.45, 2.75) is 58.4 Å². The highest BCUT2D eigenvalue weighted by atomic mass is 32.1. The molecule has 1 fully saturated rings. The maximum absolute atomic E-state index is 5.28. The Kier molecular flexibility index (Phi) is 3.79. The number of nitrogens with zero attached hydrogens (tertiary/aromatic N) is 2. The number of aromatic amines is 1. The number of nitrogens with one attached hydrogen (secondary N) is 1. The topological polar surface area (TPSA) is 33.6 Å². The minimum Gasteiger partial charge on any atom is -0.304 e. The third-order valence-electron chi connectivity index (χ3n) is 3.62. The molecule has 2 rings (SSSR count). The molecule has 0 atom stereocenters. The summed E-state index contributed by atoms with van der Waals surface area (Å²) >= 11 is 5.28. The van der Waals surface area contributed by atoms with Gasteiger partial charge in [0.05, 0.1) is 0 Å². The van der Waals surface area contributed by atoms with E-state index in [0.717, 1.165) is 23.7 Å². The van der Waals surface area contributed by atoms with E-state index < -0.39 is 0 Å². The summed E-state index contributed by atoms with van der Waals surface area (Å²) in [4.78, 5) is 0.